The van der Waals surface area contributed by atoms with Gasteiger partial charge in [-0.1, -0.05) is 19.4 Å². The quantitative estimate of drug-likeness (QED) is 0.774. The summed E-state index contributed by atoms with van der Waals surface area (Å²) in [6, 6.07) is 6.93. The van der Waals surface area contributed by atoms with Gasteiger partial charge in [0.2, 0.25) is 0 Å². The summed E-state index contributed by atoms with van der Waals surface area (Å²) < 4.78 is 0. The van der Waals surface area contributed by atoms with Gasteiger partial charge in [0.05, 0.1) is 18.7 Å². The SMILES string of the molecule is CCCC1(O)CN(C(=O)c2cccc(N)c2)C1. The Morgan fingerprint density at radius 1 is 1.53 bits per heavy atom. The number of nitrogens with two attached hydrogens (primary N) is 1. The van der Waals surface area contributed by atoms with E-state index in [1.165, 1.54) is 0 Å². The van der Waals surface area contributed by atoms with Crippen molar-refractivity contribution in [2.75, 3.05) is 18.8 Å². The second kappa shape index (κ2) is 4.37. The number of nitrogens with zero attached hydrogens (tertiary/aromatic N) is 1. The molecule has 92 valence electrons. The van der Waals surface area contributed by atoms with Crippen LogP contribution in [0.3, 0.4) is 0 Å². The molecule has 1 fully saturated rings. The summed E-state index contributed by atoms with van der Waals surface area (Å²) in [7, 11) is 0. The van der Waals surface area contributed by atoms with Gasteiger partial charge in [-0.3, -0.25) is 4.79 Å². The third-order valence-electron chi connectivity index (χ3n) is 3.11. The van der Waals surface area contributed by atoms with Gasteiger partial charge in [0, 0.05) is 11.3 Å². The second-order valence-corrected chi connectivity index (χ2v) is 4.76. The van der Waals surface area contributed by atoms with E-state index in [0.29, 0.717) is 24.3 Å². The van der Waals surface area contributed by atoms with Crippen molar-refractivity contribution in [3.63, 3.8) is 0 Å². The van der Waals surface area contributed by atoms with Gasteiger partial charge in [0.15, 0.2) is 0 Å². The first kappa shape index (κ1) is 11.9. The summed E-state index contributed by atoms with van der Waals surface area (Å²) in [4.78, 5) is 13.7. The van der Waals surface area contributed by atoms with Gasteiger partial charge in [-0.05, 0) is 24.6 Å². The van der Waals surface area contributed by atoms with Crippen molar-refractivity contribution in [1.29, 1.82) is 0 Å². The van der Waals surface area contributed by atoms with Crippen molar-refractivity contribution in [3.05, 3.63) is 29.8 Å². The molecule has 0 spiro atoms. The maximum atomic E-state index is 12.0. The maximum absolute atomic E-state index is 12.0. The van der Waals surface area contributed by atoms with Gasteiger partial charge in [-0.15, -0.1) is 0 Å². The fraction of sp³-hybridized carbons (Fsp3) is 0.462. The van der Waals surface area contributed by atoms with E-state index in [2.05, 4.69) is 0 Å². The van der Waals surface area contributed by atoms with E-state index in [0.717, 1.165) is 12.8 Å². The maximum Gasteiger partial charge on any atom is 0.254 e. The number of likely N-dealkylation sites (tertiary alicyclic amines) is 1. The molecule has 0 unspecified atom stereocenters. The summed E-state index contributed by atoms with van der Waals surface area (Å²) in [5, 5.41) is 10.0. The molecule has 0 saturated carbocycles. The molecular weight excluding hydrogens is 216 g/mol. The minimum Gasteiger partial charge on any atom is -0.399 e. The minimum atomic E-state index is -0.676. The molecule has 17 heavy (non-hydrogen) atoms. The number of hydrogen-bond acceptors (Lipinski definition) is 3. The number of anilines is 1. The van der Waals surface area contributed by atoms with Crippen LogP contribution in [0.1, 0.15) is 30.1 Å². The Labute approximate surface area is 101 Å². The van der Waals surface area contributed by atoms with Crippen molar-refractivity contribution < 1.29 is 9.90 Å². The second-order valence-electron chi connectivity index (χ2n) is 4.76. The van der Waals surface area contributed by atoms with Gasteiger partial charge in [-0.2, -0.15) is 0 Å². The molecule has 0 aliphatic carbocycles. The van der Waals surface area contributed by atoms with E-state index >= 15 is 0 Å². The van der Waals surface area contributed by atoms with Crippen molar-refractivity contribution in [1.82, 2.24) is 4.90 Å². The molecule has 1 aromatic rings. The van der Waals surface area contributed by atoms with Gasteiger partial charge < -0.3 is 15.7 Å². The zero-order valence-electron chi connectivity index (χ0n) is 10.0. The summed E-state index contributed by atoms with van der Waals surface area (Å²) in [5.41, 5.74) is 6.13. The van der Waals surface area contributed by atoms with Gasteiger partial charge in [0.25, 0.3) is 5.91 Å². The Hall–Kier alpha value is -1.55. The van der Waals surface area contributed by atoms with Crippen LogP contribution in [0.4, 0.5) is 5.69 Å². The van der Waals surface area contributed by atoms with Crippen molar-refractivity contribution in [2.24, 2.45) is 0 Å². The lowest BCUT2D eigenvalue weighted by Gasteiger charge is -2.46. The third-order valence-corrected chi connectivity index (χ3v) is 3.11. The standard InChI is InChI=1S/C13H18N2O2/c1-2-6-13(17)8-15(9-13)12(16)10-4-3-5-11(14)7-10/h3-5,7,17H,2,6,8-9,14H2,1H3. The Kier molecular flexibility index (Phi) is 3.07. The number of rotatable bonds is 3. The van der Waals surface area contributed by atoms with Gasteiger partial charge in [-0.25, -0.2) is 0 Å². The van der Waals surface area contributed by atoms with Crippen LogP contribution in [0, 0.1) is 0 Å². The van der Waals surface area contributed by atoms with Crippen molar-refractivity contribution in [3.8, 4) is 0 Å². The number of hydrogen-bond donors (Lipinski definition) is 2. The van der Waals surface area contributed by atoms with E-state index in [4.69, 9.17) is 5.73 Å². The predicted molar refractivity (Wildman–Crippen MR) is 66.6 cm³/mol. The lowest BCUT2D eigenvalue weighted by atomic mass is 9.89. The molecule has 4 nitrogen and oxygen atoms in total. The summed E-state index contributed by atoms with van der Waals surface area (Å²) in [5.74, 6) is -0.0573. The Balaban J connectivity index is 2.00. The summed E-state index contributed by atoms with van der Waals surface area (Å²) in [6.45, 7) is 2.88. The van der Waals surface area contributed by atoms with E-state index in [1.807, 2.05) is 6.92 Å². The number of amides is 1. The number of β-amino-alcohol motifs (C(OH)–C–C–N with tert-alkyl or cyclic N) is 1. The molecule has 1 aromatic carbocycles. The molecule has 1 saturated heterocycles. The first-order chi connectivity index (χ1) is 8.04. The highest BCUT2D eigenvalue weighted by Gasteiger charge is 2.42. The number of benzene rings is 1. The molecule has 1 aliphatic heterocycles. The van der Waals surface area contributed by atoms with Crippen LogP contribution in [0.2, 0.25) is 0 Å². The van der Waals surface area contributed by atoms with E-state index in [1.54, 1.807) is 29.2 Å². The molecule has 0 bridgehead atoms. The molecular formula is C13H18N2O2. The van der Waals surface area contributed by atoms with Crippen molar-refractivity contribution >= 4 is 11.6 Å². The van der Waals surface area contributed by atoms with Crippen LogP contribution in [0.5, 0.6) is 0 Å². The number of carbonyl (C=O) groups excluding carboxylic acids is 1. The zero-order chi connectivity index (χ0) is 12.5. The topological polar surface area (TPSA) is 66.6 Å². The minimum absolute atomic E-state index is 0.0573. The van der Waals surface area contributed by atoms with Crippen LogP contribution in [-0.4, -0.2) is 34.6 Å². The van der Waals surface area contributed by atoms with Crippen molar-refractivity contribution in [2.45, 2.75) is 25.4 Å². The van der Waals surface area contributed by atoms with Crippen LogP contribution in [0.25, 0.3) is 0 Å². The molecule has 0 radical (unpaired) electrons. The molecule has 2 rings (SSSR count). The predicted octanol–water partition coefficient (Wildman–Crippen LogP) is 1.26. The monoisotopic (exact) mass is 234 g/mol. The van der Waals surface area contributed by atoms with Crippen LogP contribution < -0.4 is 5.73 Å². The first-order valence-corrected chi connectivity index (χ1v) is 5.91. The van der Waals surface area contributed by atoms with E-state index in [9.17, 15) is 9.90 Å². The highest BCUT2D eigenvalue weighted by molar-refractivity contribution is 5.95. The average Bonchev–Trinajstić information content (AvgIpc) is 2.25. The smallest absolute Gasteiger partial charge is 0.254 e. The van der Waals surface area contributed by atoms with E-state index < -0.39 is 5.60 Å². The lowest BCUT2D eigenvalue weighted by Crippen LogP contribution is -2.63. The molecule has 1 amide bonds. The summed E-state index contributed by atoms with van der Waals surface area (Å²) in [6.07, 6.45) is 1.67. The third kappa shape index (κ3) is 2.42. The van der Waals surface area contributed by atoms with Gasteiger partial charge in [0.1, 0.15) is 0 Å². The Morgan fingerprint density at radius 3 is 2.82 bits per heavy atom. The molecule has 3 N–H and O–H groups in total. The van der Waals surface area contributed by atoms with Crippen LogP contribution in [-0.2, 0) is 0 Å². The number of carbonyl (C=O) groups is 1. The number of aliphatic hydroxyl groups is 1. The fourth-order valence-electron chi connectivity index (χ4n) is 2.29. The largest absolute Gasteiger partial charge is 0.399 e. The molecule has 0 atom stereocenters. The van der Waals surface area contributed by atoms with E-state index in [-0.39, 0.29) is 5.91 Å². The molecule has 4 heteroatoms. The zero-order valence-corrected chi connectivity index (χ0v) is 10.0. The normalized spacial score (nSPS) is 17.6. The summed E-state index contributed by atoms with van der Waals surface area (Å²) >= 11 is 0. The van der Waals surface area contributed by atoms with Crippen LogP contribution in [0.15, 0.2) is 24.3 Å². The molecule has 1 aliphatic rings. The molecule has 1 heterocycles. The Morgan fingerprint density at radius 2 is 2.24 bits per heavy atom. The van der Waals surface area contributed by atoms with Gasteiger partial charge >= 0.3 is 0 Å². The highest BCUT2D eigenvalue weighted by Crippen LogP contribution is 2.27. The molecule has 0 aromatic heterocycles. The average molecular weight is 234 g/mol. The highest BCUT2D eigenvalue weighted by atomic mass is 16.3. The number of nitrogen functional groups attached to an aromatic ring is 1. The lowest BCUT2D eigenvalue weighted by molar-refractivity contribution is -0.0860. The van der Waals surface area contributed by atoms with Crippen LogP contribution >= 0.6 is 0 Å². The Bertz CT molecular complexity index is 425. The first-order valence-electron chi connectivity index (χ1n) is 5.91. The fourth-order valence-corrected chi connectivity index (χ4v) is 2.29.